The van der Waals surface area contributed by atoms with Crippen molar-refractivity contribution in [1.29, 1.82) is 0 Å². The van der Waals surface area contributed by atoms with Crippen LogP contribution in [0.1, 0.15) is 17.5 Å². The van der Waals surface area contributed by atoms with E-state index in [9.17, 15) is 4.79 Å². The van der Waals surface area contributed by atoms with E-state index in [1.165, 1.54) is 5.39 Å². The van der Waals surface area contributed by atoms with Gasteiger partial charge in [0, 0.05) is 37.1 Å². The average molecular weight is 322 g/mol. The monoisotopic (exact) mass is 322 g/mol. The van der Waals surface area contributed by atoms with E-state index in [1.807, 2.05) is 55.7 Å². The van der Waals surface area contributed by atoms with Crippen LogP contribution < -0.4 is 4.74 Å². The van der Waals surface area contributed by atoms with Gasteiger partial charge in [0.1, 0.15) is 5.75 Å². The molecule has 1 N–H and O–H groups in total. The lowest BCUT2D eigenvalue weighted by Gasteiger charge is -2.17. The van der Waals surface area contributed by atoms with E-state index in [0.29, 0.717) is 19.4 Å². The van der Waals surface area contributed by atoms with Crippen molar-refractivity contribution in [2.75, 3.05) is 14.2 Å². The summed E-state index contributed by atoms with van der Waals surface area (Å²) in [4.78, 5) is 17.5. The standard InChI is InChI=1S/C20H22N2O2/c1-22(14-16-13-21-18-9-5-4-8-17(16)18)20(23)12-11-15-7-3-6-10-19(15)24-2/h3-10,13,21H,11-12,14H2,1-2H3. The van der Waals surface area contributed by atoms with Gasteiger partial charge in [-0.3, -0.25) is 4.79 Å². The molecule has 1 amide bonds. The van der Waals surface area contributed by atoms with E-state index < -0.39 is 0 Å². The summed E-state index contributed by atoms with van der Waals surface area (Å²) in [6.45, 7) is 0.606. The number of aryl methyl sites for hydroxylation is 1. The highest BCUT2D eigenvalue weighted by Gasteiger charge is 2.13. The van der Waals surface area contributed by atoms with Crippen molar-refractivity contribution in [2.24, 2.45) is 0 Å². The number of carbonyl (C=O) groups excluding carboxylic acids is 1. The number of fused-ring (bicyclic) bond motifs is 1. The maximum absolute atomic E-state index is 12.5. The number of para-hydroxylation sites is 2. The third kappa shape index (κ3) is 3.43. The Hall–Kier alpha value is -2.75. The Kier molecular flexibility index (Phi) is 4.85. The number of nitrogens with zero attached hydrogens (tertiary/aromatic N) is 1. The molecule has 0 saturated heterocycles. The van der Waals surface area contributed by atoms with Crippen LogP contribution in [0, 0.1) is 0 Å². The van der Waals surface area contributed by atoms with Crippen LogP contribution in [0.25, 0.3) is 10.9 Å². The van der Waals surface area contributed by atoms with Crippen LogP contribution in [0.3, 0.4) is 0 Å². The Labute approximate surface area is 142 Å². The van der Waals surface area contributed by atoms with Gasteiger partial charge in [-0.15, -0.1) is 0 Å². The van der Waals surface area contributed by atoms with Gasteiger partial charge in [0.15, 0.2) is 0 Å². The third-order valence-corrected chi connectivity index (χ3v) is 4.31. The van der Waals surface area contributed by atoms with E-state index in [1.54, 1.807) is 12.0 Å². The lowest BCUT2D eigenvalue weighted by atomic mass is 10.1. The number of amides is 1. The second-order valence-corrected chi connectivity index (χ2v) is 5.92. The van der Waals surface area contributed by atoms with Crippen molar-refractivity contribution in [3.8, 4) is 5.75 Å². The minimum atomic E-state index is 0.131. The SMILES string of the molecule is COc1ccccc1CCC(=O)N(C)Cc1c[nH]c2ccccc12. The zero-order chi connectivity index (χ0) is 16.9. The van der Waals surface area contributed by atoms with Crippen LogP contribution in [-0.2, 0) is 17.8 Å². The Morgan fingerprint density at radius 3 is 2.67 bits per heavy atom. The molecule has 4 nitrogen and oxygen atoms in total. The molecule has 0 atom stereocenters. The summed E-state index contributed by atoms with van der Waals surface area (Å²) in [7, 11) is 3.51. The third-order valence-electron chi connectivity index (χ3n) is 4.31. The van der Waals surface area contributed by atoms with E-state index in [-0.39, 0.29) is 5.91 Å². The van der Waals surface area contributed by atoms with Gasteiger partial charge in [-0.2, -0.15) is 0 Å². The van der Waals surface area contributed by atoms with Crippen LogP contribution in [0.2, 0.25) is 0 Å². The van der Waals surface area contributed by atoms with Gasteiger partial charge in [-0.1, -0.05) is 36.4 Å². The summed E-state index contributed by atoms with van der Waals surface area (Å²) < 4.78 is 5.34. The van der Waals surface area contributed by atoms with Crippen molar-refractivity contribution >= 4 is 16.8 Å². The highest BCUT2D eigenvalue weighted by Crippen LogP contribution is 2.21. The lowest BCUT2D eigenvalue weighted by Crippen LogP contribution is -2.26. The van der Waals surface area contributed by atoms with Crippen LogP contribution in [0.15, 0.2) is 54.7 Å². The molecule has 0 fully saturated rings. The maximum atomic E-state index is 12.5. The smallest absolute Gasteiger partial charge is 0.222 e. The fraction of sp³-hybridized carbons (Fsp3) is 0.250. The summed E-state index contributed by atoms with van der Waals surface area (Å²) in [5, 5.41) is 1.17. The number of hydrogen-bond acceptors (Lipinski definition) is 2. The predicted molar refractivity (Wildman–Crippen MR) is 96.1 cm³/mol. The van der Waals surface area contributed by atoms with E-state index >= 15 is 0 Å². The number of ether oxygens (including phenoxy) is 1. The van der Waals surface area contributed by atoms with Gasteiger partial charge in [0.25, 0.3) is 0 Å². The fourth-order valence-electron chi connectivity index (χ4n) is 2.95. The summed E-state index contributed by atoms with van der Waals surface area (Å²) in [6.07, 6.45) is 3.13. The van der Waals surface area contributed by atoms with Gasteiger partial charge in [0.05, 0.1) is 7.11 Å². The molecule has 0 spiro atoms. The van der Waals surface area contributed by atoms with Crippen LogP contribution >= 0.6 is 0 Å². The van der Waals surface area contributed by atoms with Gasteiger partial charge < -0.3 is 14.6 Å². The maximum Gasteiger partial charge on any atom is 0.222 e. The molecule has 3 rings (SSSR count). The number of nitrogens with one attached hydrogen (secondary N) is 1. The summed E-state index contributed by atoms with van der Waals surface area (Å²) in [5.41, 5.74) is 3.30. The first-order chi connectivity index (χ1) is 11.7. The first kappa shape index (κ1) is 16.1. The molecule has 0 aliphatic rings. The first-order valence-corrected chi connectivity index (χ1v) is 8.10. The number of H-pyrrole nitrogens is 1. The van der Waals surface area contributed by atoms with Gasteiger partial charge in [-0.25, -0.2) is 0 Å². The quantitative estimate of drug-likeness (QED) is 0.751. The highest BCUT2D eigenvalue weighted by molar-refractivity contribution is 5.84. The van der Waals surface area contributed by atoms with Crippen LogP contribution in [-0.4, -0.2) is 29.9 Å². The Morgan fingerprint density at radius 1 is 1.08 bits per heavy atom. The zero-order valence-electron chi connectivity index (χ0n) is 14.1. The second kappa shape index (κ2) is 7.21. The minimum absolute atomic E-state index is 0.131. The number of methoxy groups -OCH3 is 1. The zero-order valence-corrected chi connectivity index (χ0v) is 14.1. The van der Waals surface area contributed by atoms with Crippen molar-refractivity contribution in [1.82, 2.24) is 9.88 Å². The number of hydrogen-bond donors (Lipinski definition) is 1. The van der Waals surface area contributed by atoms with E-state index in [2.05, 4.69) is 11.1 Å². The molecule has 0 radical (unpaired) electrons. The number of rotatable bonds is 6. The number of aromatic nitrogens is 1. The molecule has 0 aliphatic carbocycles. The van der Waals surface area contributed by atoms with Crippen molar-refractivity contribution in [3.05, 3.63) is 65.9 Å². The van der Waals surface area contributed by atoms with Crippen LogP contribution in [0.5, 0.6) is 5.75 Å². The van der Waals surface area contributed by atoms with E-state index in [0.717, 1.165) is 22.4 Å². The molecular formula is C20H22N2O2. The van der Waals surface area contributed by atoms with Gasteiger partial charge in [-0.05, 0) is 29.7 Å². The number of benzene rings is 2. The summed E-state index contributed by atoms with van der Waals surface area (Å²) >= 11 is 0. The molecule has 124 valence electrons. The highest BCUT2D eigenvalue weighted by atomic mass is 16.5. The molecule has 4 heteroatoms. The molecule has 0 aliphatic heterocycles. The first-order valence-electron chi connectivity index (χ1n) is 8.10. The Morgan fingerprint density at radius 2 is 1.83 bits per heavy atom. The molecule has 0 unspecified atom stereocenters. The molecule has 3 aromatic rings. The Bertz CT molecular complexity index is 838. The Balaban J connectivity index is 1.63. The largest absolute Gasteiger partial charge is 0.496 e. The van der Waals surface area contributed by atoms with Gasteiger partial charge in [0.2, 0.25) is 5.91 Å². The minimum Gasteiger partial charge on any atom is -0.496 e. The molecule has 2 aromatic carbocycles. The summed E-state index contributed by atoms with van der Waals surface area (Å²) in [5.74, 6) is 0.968. The fourth-order valence-corrected chi connectivity index (χ4v) is 2.95. The lowest BCUT2D eigenvalue weighted by molar-refractivity contribution is -0.130. The van der Waals surface area contributed by atoms with Crippen molar-refractivity contribution in [3.63, 3.8) is 0 Å². The molecule has 0 bridgehead atoms. The number of aromatic amines is 1. The average Bonchev–Trinajstić information content (AvgIpc) is 3.03. The van der Waals surface area contributed by atoms with E-state index in [4.69, 9.17) is 4.74 Å². The molecule has 1 aromatic heterocycles. The van der Waals surface area contributed by atoms with Crippen LogP contribution in [0.4, 0.5) is 0 Å². The molecular weight excluding hydrogens is 300 g/mol. The normalized spacial score (nSPS) is 10.8. The topological polar surface area (TPSA) is 45.3 Å². The second-order valence-electron chi connectivity index (χ2n) is 5.92. The van der Waals surface area contributed by atoms with Gasteiger partial charge >= 0.3 is 0 Å². The van der Waals surface area contributed by atoms with Crippen molar-refractivity contribution < 1.29 is 9.53 Å². The molecule has 1 heterocycles. The summed E-state index contributed by atoms with van der Waals surface area (Å²) in [6, 6.07) is 16.0. The predicted octanol–water partition coefficient (Wildman–Crippen LogP) is 3.77. The molecule has 0 saturated carbocycles. The van der Waals surface area contributed by atoms with Crippen molar-refractivity contribution in [2.45, 2.75) is 19.4 Å². The number of carbonyl (C=O) groups is 1. The molecule has 24 heavy (non-hydrogen) atoms.